The minimum Gasteiger partial charge on any atom is -0.399 e. The van der Waals surface area contributed by atoms with E-state index in [4.69, 9.17) is 15.9 Å². The molecule has 0 fully saturated rings. The molecule has 0 heterocycles. The van der Waals surface area contributed by atoms with Crippen molar-refractivity contribution < 1.29 is 15.1 Å². The van der Waals surface area contributed by atoms with E-state index in [1.165, 1.54) is 6.07 Å². The quantitative estimate of drug-likeness (QED) is 0.149. The number of aliphatic hydroxyl groups is 2. The van der Waals surface area contributed by atoms with Crippen LogP contribution in [0.15, 0.2) is 18.2 Å². The molecule has 1 aromatic carbocycles. The largest absolute Gasteiger partial charge is 0.399 e. The van der Waals surface area contributed by atoms with Crippen LogP contribution in [0.3, 0.4) is 0 Å². The molecule has 1 aromatic rings. The number of hydrogen-bond donors (Lipinski definition) is 5. The zero-order valence-corrected chi connectivity index (χ0v) is 13.1. The van der Waals surface area contributed by atoms with Crippen LogP contribution in [-0.4, -0.2) is 72.5 Å². The zero-order chi connectivity index (χ0) is 17.1. The molecule has 23 heavy (non-hydrogen) atoms. The third-order valence-electron chi connectivity index (χ3n) is 3.27. The van der Waals surface area contributed by atoms with Gasteiger partial charge in [-0.2, -0.15) is 0 Å². The number of benzene rings is 1. The monoisotopic (exact) mass is 327 g/mol. The van der Waals surface area contributed by atoms with E-state index in [1.54, 1.807) is 12.1 Å². The Morgan fingerprint density at radius 1 is 1.13 bits per heavy atom. The second-order valence-corrected chi connectivity index (χ2v) is 5.00. The highest BCUT2D eigenvalue weighted by molar-refractivity contribution is 5.66. The molecule has 0 amide bonds. The first kappa shape index (κ1) is 19.1. The number of hydrogen-bond acceptors (Lipinski definition) is 8. The number of nitrogens with two attached hydrogens (primary N) is 1. The van der Waals surface area contributed by atoms with Gasteiger partial charge in [0, 0.05) is 51.0 Å². The summed E-state index contributed by atoms with van der Waals surface area (Å²) < 4.78 is 0. The number of rotatable bonds is 12. The van der Waals surface area contributed by atoms with Crippen LogP contribution in [0.25, 0.3) is 0 Å². The van der Waals surface area contributed by atoms with Crippen molar-refractivity contribution in [1.82, 2.24) is 10.2 Å². The first-order valence-electron chi connectivity index (χ1n) is 7.51. The molecule has 0 spiro atoms. The van der Waals surface area contributed by atoms with Gasteiger partial charge >= 0.3 is 0 Å². The SMILES string of the molecule is Nc1ccc(NCCNCCN(CCO)CCO)c([N+](=O)[O-])c1. The van der Waals surface area contributed by atoms with Crippen LogP contribution in [0.5, 0.6) is 0 Å². The molecule has 0 aliphatic carbocycles. The minimum atomic E-state index is -0.465. The maximum Gasteiger partial charge on any atom is 0.294 e. The molecule has 130 valence electrons. The van der Waals surface area contributed by atoms with Gasteiger partial charge in [-0.15, -0.1) is 0 Å². The molecular formula is C14H25N5O4. The Bertz CT molecular complexity index is 480. The Morgan fingerprint density at radius 3 is 2.43 bits per heavy atom. The van der Waals surface area contributed by atoms with Crippen LogP contribution in [0.2, 0.25) is 0 Å². The van der Waals surface area contributed by atoms with Crippen LogP contribution in [-0.2, 0) is 0 Å². The average Bonchev–Trinajstić information content (AvgIpc) is 2.52. The normalized spacial score (nSPS) is 10.9. The molecule has 0 aliphatic heterocycles. The van der Waals surface area contributed by atoms with E-state index in [9.17, 15) is 10.1 Å². The van der Waals surface area contributed by atoms with Crippen molar-refractivity contribution in [2.45, 2.75) is 0 Å². The number of nitrogens with zero attached hydrogens (tertiary/aromatic N) is 2. The summed E-state index contributed by atoms with van der Waals surface area (Å²) in [5.74, 6) is 0. The summed E-state index contributed by atoms with van der Waals surface area (Å²) in [4.78, 5) is 12.4. The summed E-state index contributed by atoms with van der Waals surface area (Å²) in [6, 6.07) is 4.54. The number of nitro benzene ring substituents is 1. The lowest BCUT2D eigenvalue weighted by molar-refractivity contribution is -0.383. The Morgan fingerprint density at radius 2 is 1.83 bits per heavy atom. The molecule has 6 N–H and O–H groups in total. The van der Waals surface area contributed by atoms with Crippen molar-refractivity contribution in [3.8, 4) is 0 Å². The van der Waals surface area contributed by atoms with Crippen molar-refractivity contribution in [3.63, 3.8) is 0 Å². The number of nitrogens with one attached hydrogen (secondary N) is 2. The number of nitro groups is 1. The highest BCUT2D eigenvalue weighted by Crippen LogP contribution is 2.26. The molecule has 0 unspecified atom stereocenters. The van der Waals surface area contributed by atoms with Gasteiger partial charge in [-0.3, -0.25) is 15.0 Å². The zero-order valence-electron chi connectivity index (χ0n) is 13.1. The van der Waals surface area contributed by atoms with Crippen LogP contribution < -0.4 is 16.4 Å². The Hall–Kier alpha value is -1.94. The molecule has 0 aliphatic rings. The summed E-state index contributed by atoms with van der Waals surface area (Å²) in [6.45, 7) is 3.74. The Kier molecular flexibility index (Phi) is 8.91. The van der Waals surface area contributed by atoms with Gasteiger partial charge in [0.25, 0.3) is 5.69 Å². The summed E-state index contributed by atoms with van der Waals surface area (Å²) in [5, 5.41) is 35.0. The van der Waals surface area contributed by atoms with Gasteiger partial charge in [-0.05, 0) is 12.1 Å². The third kappa shape index (κ3) is 7.24. The molecule has 0 saturated heterocycles. The second kappa shape index (κ2) is 10.7. The fourth-order valence-electron chi connectivity index (χ4n) is 2.12. The molecule has 1 rings (SSSR count). The Labute approximate surface area is 135 Å². The van der Waals surface area contributed by atoms with Crippen LogP contribution in [0.1, 0.15) is 0 Å². The van der Waals surface area contributed by atoms with Crippen molar-refractivity contribution in [1.29, 1.82) is 0 Å². The maximum absolute atomic E-state index is 11.0. The second-order valence-electron chi connectivity index (χ2n) is 5.00. The average molecular weight is 327 g/mol. The summed E-state index contributed by atoms with van der Waals surface area (Å²) >= 11 is 0. The predicted molar refractivity (Wildman–Crippen MR) is 89.5 cm³/mol. The fourth-order valence-corrected chi connectivity index (χ4v) is 2.12. The lowest BCUT2D eigenvalue weighted by Gasteiger charge is -2.20. The molecule has 0 bridgehead atoms. The van der Waals surface area contributed by atoms with Crippen LogP contribution in [0, 0.1) is 10.1 Å². The summed E-state index contributed by atoms with van der Waals surface area (Å²) in [7, 11) is 0. The first-order chi connectivity index (χ1) is 11.1. The predicted octanol–water partition coefficient (Wildman–Crippen LogP) is -0.535. The number of aliphatic hydroxyl groups excluding tert-OH is 2. The standard InChI is InChI=1S/C14H25N5O4/c15-12-1-2-13(14(11-12)19(22)23)17-4-3-16-5-6-18(7-9-20)8-10-21/h1-2,11,16-17,20-21H,3-10,15H2. The third-order valence-corrected chi connectivity index (χ3v) is 3.27. The maximum atomic E-state index is 11.0. The molecule has 0 radical (unpaired) electrons. The van der Waals surface area contributed by atoms with Crippen LogP contribution >= 0.6 is 0 Å². The van der Waals surface area contributed by atoms with E-state index in [-0.39, 0.29) is 18.9 Å². The van der Waals surface area contributed by atoms with Gasteiger partial charge in [-0.25, -0.2) is 0 Å². The highest BCUT2D eigenvalue weighted by Gasteiger charge is 2.13. The van der Waals surface area contributed by atoms with Crippen LogP contribution in [0.4, 0.5) is 17.1 Å². The Balaban J connectivity index is 2.29. The van der Waals surface area contributed by atoms with E-state index < -0.39 is 4.92 Å². The van der Waals surface area contributed by atoms with Crippen molar-refractivity contribution in [2.75, 3.05) is 63.5 Å². The molecule has 9 nitrogen and oxygen atoms in total. The summed E-state index contributed by atoms with van der Waals surface area (Å²) in [5.41, 5.74) is 6.31. The van der Waals surface area contributed by atoms with Gasteiger partial charge in [0.15, 0.2) is 0 Å². The lowest BCUT2D eigenvalue weighted by atomic mass is 10.2. The molecule has 0 atom stereocenters. The lowest BCUT2D eigenvalue weighted by Crippen LogP contribution is -2.37. The number of anilines is 2. The number of nitrogen functional groups attached to an aromatic ring is 1. The smallest absolute Gasteiger partial charge is 0.294 e. The van der Waals surface area contributed by atoms with Gasteiger partial charge in [0.05, 0.1) is 18.1 Å². The van der Waals surface area contributed by atoms with E-state index in [1.807, 2.05) is 4.90 Å². The molecular weight excluding hydrogens is 302 g/mol. The van der Waals surface area contributed by atoms with Gasteiger partial charge in [-0.1, -0.05) is 0 Å². The molecule has 0 saturated carbocycles. The van der Waals surface area contributed by atoms with E-state index in [0.29, 0.717) is 50.6 Å². The van der Waals surface area contributed by atoms with Gasteiger partial charge in [0.2, 0.25) is 0 Å². The minimum absolute atomic E-state index is 0.0398. The molecule has 0 aromatic heterocycles. The van der Waals surface area contributed by atoms with Crippen molar-refractivity contribution in [2.24, 2.45) is 0 Å². The highest BCUT2D eigenvalue weighted by atomic mass is 16.6. The van der Waals surface area contributed by atoms with E-state index >= 15 is 0 Å². The topological polar surface area (TPSA) is 137 Å². The van der Waals surface area contributed by atoms with E-state index in [2.05, 4.69) is 10.6 Å². The van der Waals surface area contributed by atoms with Gasteiger partial charge < -0.3 is 26.6 Å². The molecule has 9 heteroatoms. The fraction of sp³-hybridized carbons (Fsp3) is 0.571. The summed E-state index contributed by atoms with van der Waals surface area (Å²) in [6.07, 6.45) is 0. The van der Waals surface area contributed by atoms with Crippen molar-refractivity contribution in [3.05, 3.63) is 28.3 Å². The first-order valence-corrected chi connectivity index (χ1v) is 7.51. The van der Waals surface area contributed by atoms with E-state index in [0.717, 1.165) is 0 Å². The van der Waals surface area contributed by atoms with Gasteiger partial charge in [0.1, 0.15) is 5.69 Å². The van der Waals surface area contributed by atoms with Crippen molar-refractivity contribution >= 4 is 17.1 Å².